The van der Waals surface area contributed by atoms with Crippen molar-refractivity contribution < 1.29 is 27.1 Å². The Hall–Kier alpha value is -2.68. The number of amides is 1. The van der Waals surface area contributed by atoms with Crippen molar-refractivity contribution in [1.29, 1.82) is 0 Å². The van der Waals surface area contributed by atoms with Crippen molar-refractivity contribution in [3.63, 3.8) is 0 Å². The highest BCUT2D eigenvalue weighted by molar-refractivity contribution is 7.20. The maximum atomic E-state index is 13.7. The molecule has 0 radical (unpaired) electrons. The van der Waals surface area contributed by atoms with Crippen LogP contribution >= 0.6 is 11.3 Å². The molecule has 0 fully saturated rings. The van der Waals surface area contributed by atoms with E-state index in [1.807, 2.05) is 0 Å². The molecule has 0 aliphatic carbocycles. The van der Waals surface area contributed by atoms with E-state index < -0.39 is 24.5 Å². The number of rotatable bonds is 5. The first-order chi connectivity index (χ1) is 12.3. The summed E-state index contributed by atoms with van der Waals surface area (Å²) in [5, 5.41) is 2.93. The molecule has 9 heteroatoms. The Morgan fingerprint density at radius 3 is 2.77 bits per heavy atom. The van der Waals surface area contributed by atoms with E-state index in [-0.39, 0.29) is 12.4 Å². The van der Waals surface area contributed by atoms with Gasteiger partial charge >= 0.3 is 6.18 Å². The lowest BCUT2D eigenvalue weighted by molar-refractivity contribution is -0.154. The molecule has 0 saturated carbocycles. The van der Waals surface area contributed by atoms with Crippen LogP contribution in [0.1, 0.15) is 15.2 Å². The third-order valence-electron chi connectivity index (χ3n) is 3.39. The zero-order chi connectivity index (χ0) is 18.7. The number of thiophene rings is 1. The lowest BCUT2D eigenvalue weighted by Gasteiger charge is -2.12. The maximum Gasteiger partial charge on any atom is 0.422 e. The summed E-state index contributed by atoms with van der Waals surface area (Å²) in [6, 6.07) is 9.02. The second kappa shape index (κ2) is 7.28. The maximum absolute atomic E-state index is 13.7. The molecule has 26 heavy (non-hydrogen) atoms. The highest BCUT2D eigenvalue weighted by Gasteiger charge is 2.29. The largest absolute Gasteiger partial charge is 0.468 e. The Balaban J connectivity index is 1.70. The third kappa shape index (κ3) is 4.29. The van der Waals surface area contributed by atoms with Crippen molar-refractivity contribution in [2.45, 2.75) is 12.7 Å². The monoisotopic (exact) mass is 384 g/mol. The first-order valence-electron chi connectivity index (χ1n) is 7.43. The average molecular weight is 384 g/mol. The molecule has 3 aromatic rings. The van der Waals surface area contributed by atoms with Gasteiger partial charge in [-0.15, -0.1) is 11.3 Å². The number of fused-ring (bicyclic) bond motifs is 1. The van der Waals surface area contributed by atoms with Gasteiger partial charge in [0.15, 0.2) is 6.61 Å². The molecule has 0 spiro atoms. The van der Waals surface area contributed by atoms with Crippen molar-refractivity contribution in [2.24, 2.45) is 0 Å². The fraction of sp³-hybridized carbons (Fsp3) is 0.176. The van der Waals surface area contributed by atoms with Crippen LogP contribution in [0.15, 0.2) is 42.6 Å². The summed E-state index contributed by atoms with van der Waals surface area (Å²) >= 11 is 1.12. The molecule has 1 aromatic carbocycles. The van der Waals surface area contributed by atoms with Gasteiger partial charge in [-0.3, -0.25) is 4.79 Å². The van der Waals surface area contributed by atoms with Crippen molar-refractivity contribution in [3.8, 4) is 5.88 Å². The number of halogens is 4. The van der Waals surface area contributed by atoms with Gasteiger partial charge in [-0.2, -0.15) is 13.2 Å². The number of carbonyl (C=O) groups is 1. The van der Waals surface area contributed by atoms with E-state index in [1.54, 1.807) is 12.1 Å². The molecule has 0 saturated heterocycles. The molecule has 4 nitrogen and oxygen atoms in total. The topological polar surface area (TPSA) is 51.2 Å². The molecule has 3 rings (SSSR count). The van der Waals surface area contributed by atoms with Gasteiger partial charge < -0.3 is 10.1 Å². The predicted octanol–water partition coefficient (Wildman–Crippen LogP) is 4.31. The van der Waals surface area contributed by atoms with Crippen LogP contribution in [0.3, 0.4) is 0 Å². The van der Waals surface area contributed by atoms with Crippen LogP contribution in [-0.4, -0.2) is 23.7 Å². The van der Waals surface area contributed by atoms with E-state index in [1.165, 1.54) is 30.5 Å². The van der Waals surface area contributed by atoms with E-state index in [4.69, 9.17) is 0 Å². The number of carbonyl (C=O) groups excluding carboxylic acids is 1. The van der Waals surface area contributed by atoms with Crippen LogP contribution in [0, 0.1) is 5.82 Å². The summed E-state index contributed by atoms with van der Waals surface area (Å²) < 4.78 is 55.9. The molecular formula is C17H12F4N2O2S. The number of hydrogen-bond acceptors (Lipinski definition) is 4. The van der Waals surface area contributed by atoms with Gasteiger partial charge in [0.1, 0.15) is 5.82 Å². The SMILES string of the molecule is O=C(NCc1cccnc1OCC(F)(F)F)c1cc2c(F)cccc2s1. The summed E-state index contributed by atoms with van der Waals surface area (Å²) in [6.45, 7) is -1.54. The van der Waals surface area contributed by atoms with Crippen molar-refractivity contribution in [3.05, 3.63) is 58.9 Å². The van der Waals surface area contributed by atoms with Crippen molar-refractivity contribution in [2.75, 3.05) is 6.61 Å². The first-order valence-corrected chi connectivity index (χ1v) is 8.25. The molecule has 1 N–H and O–H groups in total. The second-order valence-corrected chi connectivity index (χ2v) is 6.40. The Bertz CT molecular complexity index is 940. The third-order valence-corrected chi connectivity index (χ3v) is 4.49. The van der Waals surface area contributed by atoms with Gasteiger partial charge in [0.05, 0.1) is 4.88 Å². The van der Waals surface area contributed by atoms with E-state index >= 15 is 0 Å². The summed E-state index contributed by atoms with van der Waals surface area (Å²) in [5.74, 6) is -1.09. The number of ether oxygens (including phenoxy) is 1. The highest BCUT2D eigenvalue weighted by Crippen LogP contribution is 2.27. The minimum atomic E-state index is -4.49. The van der Waals surface area contributed by atoms with Gasteiger partial charge in [0.25, 0.3) is 5.91 Å². The number of hydrogen-bond donors (Lipinski definition) is 1. The zero-order valence-corrected chi connectivity index (χ0v) is 14.0. The molecule has 2 aromatic heterocycles. The number of alkyl halides is 3. The fourth-order valence-corrected chi connectivity index (χ4v) is 3.23. The first kappa shape index (κ1) is 18.1. The summed E-state index contributed by atoms with van der Waals surface area (Å²) in [4.78, 5) is 16.3. The molecular weight excluding hydrogens is 372 g/mol. The number of aromatic nitrogens is 1. The minimum Gasteiger partial charge on any atom is -0.468 e. The lowest BCUT2D eigenvalue weighted by atomic mass is 10.2. The van der Waals surface area contributed by atoms with Gasteiger partial charge in [-0.25, -0.2) is 9.37 Å². The van der Waals surface area contributed by atoms with Crippen molar-refractivity contribution >= 4 is 27.3 Å². The van der Waals surface area contributed by atoms with Crippen LogP contribution in [0.25, 0.3) is 10.1 Å². The number of pyridine rings is 1. The van der Waals surface area contributed by atoms with Crippen LogP contribution in [-0.2, 0) is 6.54 Å². The van der Waals surface area contributed by atoms with Crippen LogP contribution in [0.5, 0.6) is 5.88 Å². The van der Waals surface area contributed by atoms with Gasteiger partial charge in [0.2, 0.25) is 5.88 Å². The molecule has 0 bridgehead atoms. The summed E-state index contributed by atoms with van der Waals surface area (Å²) in [5.41, 5.74) is 0.303. The molecule has 136 valence electrons. The Morgan fingerprint density at radius 2 is 2.04 bits per heavy atom. The standard InChI is InChI=1S/C17H12F4N2O2S/c18-12-4-1-5-13-11(12)7-14(26-13)15(24)23-8-10-3-2-6-22-16(10)25-9-17(19,20)21/h1-7H,8-9H2,(H,23,24). The fourth-order valence-electron chi connectivity index (χ4n) is 2.24. The molecule has 0 aliphatic heterocycles. The van der Waals surface area contributed by atoms with E-state index in [2.05, 4.69) is 15.0 Å². The summed E-state index contributed by atoms with van der Waals surface area (Å²) in [7, 11) is 0. The molecule has 1 amide bonds. The molecule has 0 atom stereocenters. The molecule has 2 heterocycles. The Labute approximate surface area is 149 Å². The smallest absolute Gasteiger partial charge is 0.422 e. The average Bonchev–Trinajstić information content (AvgIpc) is 3.04. The molecule has 0 unspecified atom stereocenters. The Kier molecular flexibility index (Phi) is 5.08. The number of nitrogens with zero attached hydrogens (tertiary/aromatic N) is 1. The van der Waals surface area contributed by atoms with E-state index in [9.17, 15) is 22.4 Å². The highest BCUT2D eigenvalue weighted by atomic mass is 32.1. The van der Waals surface area contributed by atoms with Crippen molar-refractivity contribution in [1.82, 2.24) is 10.3 Å². The second-order valence-electron chi connectivity index (χ2n) is 5.32. The minimum absolute atomic E-state index is 0.0728. The van der Waals surface area contributed by atoms with Gasteiger partial charge in [-0.05, 0) is 24.3 Å². The van der Waals surface area contributed by atoms with E-state index in [0.29, 0.717) is 20.5 Å². The Morgan fingerprint density at radius 1 is 1.23 bits per heavy atom. The molecule has 0 aliphatic rings. The van der Waals surface area contributed by atoms with Crippen LogP contribution in [0.4, 0.5) is 17.6 Å². The predicted molar refractivity (Wildman–Crippen MR) is 88.7 cm³/mol. The van der Waals surface area contributed by atoms with E-state index in [0.717, 1.165) is 11.3 Å². The number of benzene rings is 1. The van der Waals surface area contributed by atoms with Crippen LogP contribution in [0.2, 0.25) is 0 Å². The lowest BCUT2D eigenvalue weighted by Crippen LogP contribution is -2.24. The zero-order valence-electron chi connectivity index (χ0n) is 13.1. The quantitative estimate of drug-likeness (QED) is 0.667. The van der Waals surface area contributed by atoms with Gasteiger partial charge in [-0.1, -0.05) is 12.1 Å². The van der Waals surface area contributed by atoms with Gasteiger partial charge in [0, 0.05) is 28.4 Å². The summed E-state index contributed by atoms with van der Waals surface area (Å²) in [6.07, 6.45) is -3.19. The van der Waals surface area contributed by atoms with Crippen LogP contribution < -0.4 is 10.1 Å². The normalized spacial score (nSPS) is 11.5. The number of nitrogens with one attached hydrogen (secondary N) is 1.